The molecule has 1 fully saturated rings. The van der Waals surface area contributed by atoms with Gasteiger partial charge in [-0.1, -0.05) is 18.2 Å². The van der Waals surface area contributed by atoms with Gasteiger partial charge in [0, 0.05) is 61.5 Å². The van der Waals surface area contributed by atoms with Gasteiger partial charge in [-0.15, -0.1) is 0 Å². The molecule has 1 unspecified atom stereocenters. The van der Waals surface area contributed by atoms with Crippen LogP contribution >= 0.6 is 0 Å². The summed E-state index contributed by atoms with van der Waals surface area (Å²) in [5.74, 6) is -0.178. The molecule has 0 aliphatic carbocycles. The molecule has 1 atom stereocenters. The van der Waals surface area contributed by atoms with E-state index in [1.165, 1.54) is 12.1 Å². The first-order chi connectivity index (χ1) is 18.1. The minimum absolute atomic E-state index is 0.0541. The number of carboxylic acid groups (broad SMARTS) is 1. The topological polar surface area (TPSA) is 95.0 Å². The van der Waals surface area contributed by atoms with E-state index in [-0.39, 0.29) is 17.9 Å². The number of aryl methyl sites for hydroxylation is 1. The monoisotopic (exact) mass is 532 g/mol. The number of benzene rings is 2. The standard InChI is InChI=1S/C26H29F3N4O2.CH2O2/c1-15-12-21(31-16(2)18-6-5-7-19(25(18)27)26(28)29)20-13-23(24(35-4)14-22(20)30-15)33-10-8-32(9-11-33)17(3)34;2-1-3/h5-7,12-14,16,26H,8-11H2,1-4H3,(H,30,31);1H,(H,2,3). The van der Waals surface area contributed by atoms with Crippen molar-refractivity contribution < 1.29 is 32.6 Å². The number of alkyl halides is 2. The Labute approximate surface area is 219 Å². The molecule has 38 heavy (non-hydrogen) atoms. The molecule has 0 bridgehead atoms. The van der Waals surface area contributed by atoms with Crippen molar-refractivity contribution in [2.24, 2.45) is 0 Å². The summed E-state index contributed by atoms with van der Waals surface area (Å²) in [5, 5.41) is 11.0. The van der Waals surface area contributed by atoms with Crippen LogP contribution in [0.4, 0.5) is 24.5 Å². The zero-order valence-corrected chi connectivity index (χ0v) is 21.7. The van der Waals surface area contributed by atoms with E-state index < -0.39 is 23.8 Å². The molecule has 8 nitrogen and oxygen atoms in total. The quantitative estimate of drug-likeness (QED) is 0.423. The number of ether oxygens (including phenoxy) is 1. The molecule has 1 aliphatic heterocycles. The number of methoxy groups -OCH3 is 1. The van der Waals surface area contributed by atoms with Crippen LogP contribution in [0, 0.1) is 12.7 Å². The van der Waals surface area contributed by atoms with Gasteiger partial charge in [0.25, 0.3) is 12.9 Å². The molecule has 1 aromatic heterocycles. The van der Waals surface area contributed by atoms with Crippen LogP contribution in [0.3, 0.4) is 0 Å². The van der Waals surface area contributed by atoms with Crippen molar-refractivity contribution in [3.63, 3.8) is 0 Å². The second-order valence-electron chi connectivity index (χ2n) is 8.87. The van der Waals surface area contributed by atoms with E-state index >= 15 is 0 Å². The van der Waals surface area contributed by atoms with E-state index in [9.17, 15) is 18.0 Å². The van der Waals surface area contributed by atoms with Gasteiger partial charge < -0.3 is 25.0 Å². The highest BCUT2D eigenvalue weighted by Gasteiger charge is 2.23. The largest absolute Gasteiger partial charge is 0.495 e. The lowest BCUT2D eigenvalue weighted by Gasteiger charge is -2.36. The van der Waals surface area contributed by atoms with Crippen molar-refractivity contribution >= 4 is 34.7 Å². The number of nitrogens with one attached hydrogen (secondary N) is 1. The Kier molecular flexibility index (Phi) is 9.38. The molecule has 0 radical (unpaired) electrons. The molecular weight excluding hydrogens is 501 g/mol. The highest BCUT2D eigenvalue weighted by Crippen LogP contribution is 2.38. The van der Waals surface area contributed by atoms with Crippen LogP contribution < -0.4 is 15.0 Å². The predicted molar refractivity (Wildman–Crippen MR) is 140 cm³/mol. The SMILES string of the molecule is COc1cc2nc(C)cc(NC(C)c3cccc(C(F)F)c3F)c2cc1N1CCN(C(C)=O)CC1.O=CO. The maximum Gasteiger partial charge on any atom is 0.290 e. The summed E-state index contributed by atoms with van der Waals surface area (Å²) >= 11 is 0. The van der Waals surface area contributed by atoms with Crippen molar-refractivity contribution in [1.82, 2.24) is 9.88 Å². The average Bonchev–Trinajstić information content (AvgIpc) is 2.88. The Morgan fingerprint density at radius 2 is 1.79 bits per heavy atom. The fraction of sp³-hybridized carbons (Fsp3) is 0.370. The highest BCUT2D eigenvalue weighted by molar-refractivity contribution is 5.96. The number of hydrogen-bond donors (Lipinski definition) is 2. The van der Waals surface area contributed by atoms with Gasteiger partial charge in [0.05, 0.1) is 29.9 Å². The van der Waals surface area contributed by atoms with E-state index in [0.717, 1.165) is 22.8 Å². The summed E-state index contributed by atoms with van der Waals surface area (Å²) in [4.78, 5) is 28.7. The summed E-state index contributed by atoms with van der Waals surface area (Å²) in [6.45, 7) is 7.46. The number of piperazine rings is 1. The zero-order chi connectivity index (χ0) is 28.0. The lowest BCUT2D eigenvalue weighted by atomic mass is 10.0. The van der Waals surface area contributed by atoms with Crippen LogP contribution in [0.1, 0.15) is 43.1 Å². The molecule has 4 rings (SSSR count). The van der Waals surface area contributed by atoms with Crippen LogP contribution in [-0.4, -0.2) is 60.7 Å². The van der Waals surface area contributed by atoms with Crippen LogP contribution in [-0.2, 0) is 9.59 Å². The first-order valence-electron chi connectivity index (χ1n) is 12.0. The number of rotatable bonds is 6. The average molecular weight is 533 g/mol. The maximum absolute atomic E-state index is 14.8. The van der Waals surface area contributed by atoms with Gasteiger partial charge in [-0.2, -0.15) is 0 Å². The van der Waals surface area contributed by atoms with Crippen LogP contribution in [0.2, 0.25) is 0 Å². The number of anilines is 2. The highest BCUT2D eigenvalue weighted by atomic mass is 19.3. The summed E-state index contributed by atoms with van der Waals surface area (Å²) in [6, 6.07) is 9.19. The molecule has 2 heterocycles. The number of halogens is 3. The van der Waals surface area contributed by atoms with E-state index in [0.29, 0.717) is 43.1 Å². The Bertz CT molecular complexity index is 1300. The Hall–Kier alpha value is -4.02. The van der Waals surface area contributed by atoms with E-state index in [1.54, 1.807) is 21.0 Å². The van der Waals surface area contributed by atoms with Gasteiger partial charge in [0.2, 0.25) is 5.91 Å². The normalized spacial score (nSPS) is 14.1. The van der Waals surface area contributed by atoms with Gasteiger partial charge in [0.15, 0.2) is 0 Å². The Morgan fingerprint density at radius 3 is 2.37 bits per heavy atom. The summed E-state index contributed by atoms with van der Waals surface area (Å²) in [5.41, 5.74) is 2.59. The van der Waals surface area contributed by atoms with E-state index in [2.05, 4.69) is 15.2 Å². The molecule has 2 N–H and O–H groups in total. The Morgan fingerprint density at radius 1 is 1.16 bits per heavy atom. The molecule has 0 saturated carbocycles. The van der Waals surface area contributed by atoms with Gasteiger partial charge in [-0.05, 0) is 26.0 Å². The molecule has 204 valence electrons. The van der Waals surface area contributed by atoms with Crippen molar-refractivity contribution in [2.75, 3.05) is 43.5 Å². The van der Waals surface area contributed by atoms with Gasteiger partial charge in [-0.25, -0.2) is 13.2 Å². The first-order valence-corrected chi connectivity index (χ1v) is 12.0. The zero-order valence-electron chi connectivity index (χ0n) is 21.7. The fourth-order valence-electron chi connectivity index (χ4n) is 4.55. The number of amides is 1. The number of fused-ring (bicyclic) bond motifs is 1. The third-order valence-corrected chi connectivity index (χ3v) is 6.44. The molecular formula is C27H31F3N4O4. The number of carbonyl (C=O) groups is 2. The van der Waals surface area contributed by atoms with E-state index in [1.807, 2.05) is 30.0 Å². The molecule has 1 aliphatic rings. The van der Waals surface area contributed by atoms with Crippen LogP contribution in [0.5, 0.6) is 5.75 Å². The number of carbonyl (C=O) groups excluding carboxylic acids is 1. The smallest absolute Gasteiger partial charge is 0.290 e. The van der Waals surface area contributed by atoms with Gasteiger partial charge in [0.1, 0.15) is 11.6 Å². The van der Waals surface area contributed by atoms with Gasteiger partial charge >= 0.3 is 0 Å². The molecule has 1 saturated heterocycles. The fourth-order valence-corrected chi connectivity index (χ4v) is 4.55. The molecule has 11 heteroatoms. The lowest BCUT2D eigenvalue weighted by molar-refractivity contribution is -0.129. The predicted octanol–water partition coefficient (Wildman–Crippen LogP) is 5.17. The lowest BCUT2D eigenvalue weighted by Crippen LogP contribution is -2.48. The van der Waals surface area contributed by atoms with Crippen molar-refractivity contribution in [3.05, 3.63) is 59.0 Å². The maximum atomic E-state index is 14.8. The van der Waals surface area contributed by atoms with Crippen molar-refractivity contribution in [1.29, 1.82) is 0 Å². The molecule has 1 amide bonds. The van der Waals surface area contributed by atoms with Crippen molar-refractivity contribution in [3.8, 4) is 5.75 Å². The van der Waals surface area contributed by atoms with Crippen molar-refractivity contribution in [2.45, 2.75) is 33.2 Å². The molecule has 3 aromatic rings. The summed E-state index contributed by atoms with van der Waals surface area (Å²) in [7, 11) is 1.60. The summed E-state index contributed by atoms with van der Waals surface area (Å²) < 4.78 is 46.9. The third-order valence-electron chi connectivity index (χ3n) is 6.44. The second kappa shape index (κ2) is 12.5. The number of hydrogen-bond acceptors (Lipinski definition) is 6. The van der Waals surface area contributed by atoms with Gasteiger partial charge in [-0.3, -0.25) is 14.6 Å². The summed E-state index contributed by atoms with van der Waals surface area (Å²) in [6.07, 6.45) is -2.88. The Balaban J connectivity index is 0.00000127. The minimum atomic E-state index is -2.88. The molecule has 0 spiro atoms. The number of nitrogens with zero attached hydrogens (tertiary/aromatic N) is 3. The second-order valence-corrected chi connectivity index (χ2v) is 8.87. The third kappa shape index (κ3) is 6.27. The van der Waals surface area contributed by atoms with Crippen LogP contribution in [0.25, 0.3) is 10.9 Å². The number of aromatic nitrogens is 1. The first kappa shape index (κ1) is 28.5. The van der Waals surface area contributed by atoms with E-state index in [4.69, 9.17) is 14.6 Å². The molecule has 2 aromatic carbocycles. The number of pyridine rings is 1. The van der Waals surface area contributed by atoms with Crippen LogP contribution in [0.15, 0.2) is 36.4 Å². The minimum Gasteiger partial charge on any atom is -0.495 e.